The number of ether oxygens (including phenoxy) is 2. The molecule has 0 spiro atoms. The number of esters is 1. The van der Waals surface area contributed by atoms with Crippen LogP contribution in [-0.4, -0.2) is 5.97 Å². The van der Waals surface area contributed by atoms with Gasteiger partial charge in [-0.3, -0.25) is 4.79 Å². The third kappa shape index (κ3) is 5.67. The first-order valence-electron chi connectivity index (χ1n) is 11.0. The molecule has 1 saturated carbocycles. The van der Waals surface area contributed by atoms with Gasteiger partial charge in [0.2, 0.25) is 0 Å². The van der Waals surface area contributed by atoms with Crippen molar-refractivity contribution in [1.29, 1.82) is 5.26 Å². The minimum atomic E-state index is -0.514. The predicted octanol–water partition coefficient (Wildman–Crippen LogP) is 7.74. The van der Waals surface area contributed by atoms with E-state index in [0.29, 0.717) is 15.8 Å². The summed E-state index contributed by atoms with van der Waals surface area (Å²) in [5.74, 6) is -0.469. The van der Waals surface area contributed by atoms with Crippen LogP contribution in [0, 0.1) is 34.4 Å². The lowest BCUT2D eigenvalue weighted by Crippen LogP contribution is -2.10. The van der Waals surface area contributed by atoms with Gasteiger partial charge in [-0.1, -0.05) is 67.4 Å². The van der Waals surface area contributed by atoms with Gasteiger partial charge in [0.05, 0.1) is 11.5 Å². The van der Waals surface area contributed by atoms with Crippen molar-refractivity contribution in [3.8, 4) is 17.6 Å². The molecule has 2 atom stereocenters. The molecule has 178 valence electrons. The highest BCUT2D eigenvalue weighted by Crippen LogP contribution is 2.60. The second-order valence-corrected chi connectivity index (χ2v) is 9.80. The van der Waals surface area contributed by atoms with Crippen molar-refractivity contribution in [2.24, 2.45) is 17.3 Å². The van der Waals surface area contributed by atoms with Crippen LogP contribution in [0.1, 0.15) is 30.5 Å². The number of benzene rings is 3. The van der Waals surface area contributed by atoms with Gasteiger partial charge in [-0.05, 0) is 64.9 Å². The minimum Gasteiger partial charge on any atom is -0.461 e. The van der Waals surface area contributed by atoms with Crippen molar-refractivity contribution in [1.82, 2.24) is 0 Å². The monoisotopic (exact) mass is 509 g/mol. The molecule has 0 N–H and O–H groups in total. The molecule has 1 aliphatic rings. The first-order valence-corrected chi connectivity index (χ1v) is 11.7. The first-order chi connectivity index (χ1) is 16.7. The topological polar surface area (TPSA) is 59.3 Å². The molecule has 1 aliphatic carbocycles. The number of carbonyl (C=O) groups is 1. The Balaban J connectivity index is 1.39. The SMILES string of the molecule is CC1(C)C(/C=C(\Cl)c2ccc(Cl)cc2)C1C(=O)OCc1cccc(Oc2ccc(F)cc2C#N)c1. The second-order valence-electron chi connectivity index (χ2n) is 8.96. The Morgan fingerprint density at radius 2 is 1.89 bits per heavy atom. The fourth-order valence-corrected chi connectivity index (χ4v) is 4.44. The highest BCUT2D eigenvalue weighted by molar-refractivity contribution is 6.48. The Hall–Kier alpha value is -3.33. The summed E-state index contributed by atoms with van der Waals surface area (Å²) in [5.41, 5.74) is 1.38. The van der Waals surface area contributed by atoms with Gasteiger partial charge in [0.25, 0.3) is 0 Å². The molecule has 4 rings (SSSR count). The summed E-state index contributed by atoms with van der Waals surface area (Å²) < 4.78 is 24.7. The van der Waals surface area contributed by atoms with E-state index in [0.717, 1.165) is 17.2 Å². The summed E-state index contributed by atoms with van der Waals surface area (Å²) in [6.45, 7) is 4.09. The van der Waals surface area contributed by atoms with Crippen molar-refractivity contribution >= 4 is 34.2 Å². The summed E-state index contributed by atoms with van der Waals surface area (Å²) in [6, 6.07) is 19.9. The number of carbonyl (C=O) groups excluding carboxylic acids is 1. The van der Waals surface area contributed by atoms with Crippen molar-refractivity contribution in [2.45, 2.75) is 20.5 Å². The van der Waals surface area contributed by atoms with Crippen LogP contribution >= 0.6 is 23.2 Å². The molecular formula is C28H22Cl2FNO3. The van der Waals surface area contributed by atoms with E-state index in [2.05, 4.69) is 0 Å². The molecule has 3 aromatic carbocycles. The number of nitrogens with zero attached hydrogens (tertiary/aromatic N) is 1. The molecule has 0 amide bonds. The number of allylic oxidation sites excluding steroid dienone is 1. The molecule has 0 saturated heterocycles. The minimum absolute atomic E-state index is 0.0456. The average molecular weight is 510 g/mol. The average Bonchev–Trinajstić information content (AvgIpc) is 3.38. The maximum atomic E-state index is 13.4. The van der Waals surface area contributed by atoms with Crippen molar-refractivity contribution in [3.05, 3.63) is 100 Å². The molecule has 0 radical (unpaired) electrons. The summed E-state index contributed by atoms with van der Waals surface area (Å²) in [4.78, 5) is 12.8. The number of hydrogen-bond acceptors (Lipinski definition) is 4. The van der Waals surface area contributed by atoms with Gasteiger partial charge in [-0.15, -0.1) is 0 Å². The lowest BCUT2D eigenvalue weighted by molar-refractivity contribution is -0.147. The summed E-state index contributed by atoms with van der Waals surface area (Å²) in [6.07, 6.45) is 1.90. The van der Waals surface area contributed by atoms with Crippen molar-refractivity contribution < 1.29 is 18.7 Å². The largest absolute Gasteiger partial charge is 0.461 e. The quantitative estimate of drug-likeness (QED) is 0.305. The van der Waals surface area contributed by atoms with E-state index >= 15 is 0 Å². The molecule has 1 fully saturated rings. The van der Waals surface area contributed by atoms with Gasteiger partial charge >= 0.3 is 5.97 Å². The van der Waals surface area contributed by atoms with Gasteiger partial charge in [0.15, 0.2) is 0 Å². The predicted molar refractivity (Wildman–Crippen MR) is 133 cm³/mol. The second kappa shape index (κ2) is 10.1. The van der Waals surface area contributed by atoms with Gasteiger partial charge in [0.1, 0.15) is 30.0 Å². The Kier molecular flexibility index (Phi) is 7.16. The third-order valence-electron chi connectivity index (χ3n) is 6.18. The van der Waals surface area contributed by atoms with Crippen molar-refractivity contribution in [2.75, 3.05) is 0 Å². The molecule has 3 aromatic rings. The number of rotatable bonds is 7. The van der Waals surface area contributed by atoms with E-state index in [4.69, 9.17) is 32.7 Å². The lowest BCUT2D eigenvalue weighted by atomic mass is 10.1. The molecule has 7 heteroatoms. The molecule has 0 aliphatic heterocycles. The van der Waals surface area contributed by atoms with Gasteiger partial charge in [-0.2, -0.15) is 5.26 Å². The summed E-state index contributed by atoms with van der Waals surface area (Å²) in [5, 5.41) is 10.4. The number of nitriles is 1. The molecule has 0 aromatic heterocycles. The zero-order valence-corrected chi connectivity index (χ0v) is 20.6. The smallest absolute Gasteiger partial charge is 0.310 e. The van der Waals surface area contributed by atoms with E-state index in [1.165, 1.54) is 12.1 Å². The molecular weight excluding hydrogens is 488 g/mol. The van der Waals surface area contributed by atoms with Crippen LogP contribution in [0.25, 0.3) is 5.03 Å². The molecule has 0 heterocycles. The van der Waals surface area contributed by atoms with Gasteiger partial charge in [-0.25, -0.2) is 4.39 Å². The summed E-state index contributed by atoms with van der Waals surface area (Å²) >= 11 is 12.4. The Labute approximate surface area is 213 Å². The van der Waals surface area contributed by atoms with Crippen molar-refractivity contribution in [3.63, 3.8) is 0 Å². The fraction of sp³-hybridized carbons (Fsp3) is 0.214. The van der Waals surface area contributed by atoms with E-state index < -0.39 is 5.82 Å². The standard InChI is InChI=1S/C28H22Cl2FNO3/c1-28(2)23(14-24(30)18-6-8-20(29)9-7-18)26(28)27(33)34-16-17-4-3-5-22(12-17)35-25-11-10-21(31)13-19(25)15-32/h3-14,23,26H,16H2,1-2H3/b24-14-. The van der Waals surface area contributed by atoms with E-state index in [9.17, 15) is 14.4 Å². The number of halogens is 3. The lowest BCUT2D eigenvalue weighted by Gasteiger charge is -2.10. The normalized spacial score (nSPS) is 18.5. The maximum Gasteiger partial charge on any atom is 0.310 e. The zero-order valence-electron chi connectivity index (χ0n) is 19.1. The van der Waals surface area contributed by atoms with Crippen LogP contribution in [0.4, 0.5) is 4.39 Å². The molecule has 4 nitrogen and oxygen atoms in total. The van der Waals surface area contributed by atoms with Crippen LogP contribution in [0.3, 0.4) is 0 Å². The summed E-state index contributed by atoms with van der Waals surface area (Å²) in [7, 11) is 0. The zero-order chi connectivity index (χ0) is 25.2. The highest BCUT2D eigenvalue weighted by Gasteiger charge is 2.61. The molecule has 0 bridgehead atoms. The van der Waals surface area contributed by atoms with E-state index in [-0.39, 0.29) is 41.1 Å². The first kappa shape index (κ1) is 24.8. The van der Waals surface area contributed by atoms with Crippen LogP contribution in [0.2, 0.25) is 5.02 Å². The molecule has 2 unspecified atom stereocenters. The Morgan fingerprint density at radius 1 is 1.14 bits per heavy atom. The van der Waals surface area contributed by atoms with Gasteiger partial charge in [0, 0.05) is 10.1 Å². The number of hydrogen-bond donors (Lipinski definition) is 0. The fourth-order valence-electron chi connectivity index (χ4n) is 4.05. The van der Waals surface area contributed by atoms with Crippen LogP contribution < -0.4 is 4.74 Å². The Bertz CT molecular complexity index is 1330. The van der Waals surface area contributed by atoms with E-state index in [1.54, 1.807) is 30.3 Å². The maximum absolute atomic E-state index is 13.4. The van der Waals surface area contributed by atoms with Crippen LogP contribution in [-0.2, 0) is 16.1 Å². The van der Waals surface area contributed by atoms with Crippen LogP contribution in [0.5, 0.6) is 11.5 Å². The van der Waals surface area contributed by atoms with Gasteiger partial charge < -0.3 is 9.47 Å². The van der Waals surface area contributed by atoms with Crippen LogP contribution in [0.15, 0.2) is 72.8 Å². The van der Waals surface area contributed by atoms with E-state index in [1.807, 2.05) is 44.2 Å². The molecule has 35 heavy (non-hydrogen) atoms. The third-order valence-corrected chi connectivity index (χ3v) is 6.78. The highest BCUT2D eigenvalue weighted by atomic mass is 35.5. The Morgan fingerprint density at radius 3 is 2.60 bits per heavy atom.